The minimum atomic E-state index is -4.95. The van der Waals surface area contributed by atoms with Crippen LogP contribution in [0.4, 0.5) is 13.2 Å². The van der Waals surface area contributed by atoms with Crippen LogP contribution in [0.5, 0.6) is 0 Å². The highest BCUT2D eigenvalue weighted by Gasteiger charge is 2.42. The van der Waals surface area contributed by atoms with Gasteiger partial charge in [0.2, 0.25) is 0 Å². The lowest BCUT2D eigenvalue weighted by atomic mass is 10.1. The lowest BCUT2D eigenvalue weighted by Gasteiger charge is -2.16. The summed E-state index contributed by atoms with van der Waals surface area (Å²) in [5.74, 6) is -1.82. The zero-order valence-corrected chi connectivity index (χ0v) is 12.0. The molecule has 0 radical (unpaired) electrons. The lowest BCUT2D eigenvalue weighted by molar-refractivity contribution is -0.208. The standard InChI is InChI=1S/C14H19F3N2O2/c1-9-3-4-10(2)19(9)8-11-5-6-12(7-11)18-21-13(20)14(15,16)17/h3-4,11-12,18H,5-8H2,1-2H3/t11-,12+/m0/s1. The number of carbonyl (C=O) groups excluding carboxylic acids is 1. The van der Waals surface area contributed by atoms with Gasteiger partial charge in [0.05, 0.1) is 0 Å². The molecule has 7 heteroatoms. The molecule has 0 saturated heterocycles. The van der Waals surface area contributed by atoms with Gasteiger partial charge in [-0.2, -0.15) is 13.2 Å². The number of hydroxylamine groups is 1. The van der Waals surface area contributed by atoms with Crippen LogP contribution in [0.3, 0.4) is 0 Å². The summed E-state index contributed by atoms with van der Waals surface area (Å²) < 4.78 is 38.3. The molecule has 1 saturated carbocycles. The van der Waals surface area contributed by atoms with Crippen LogP contribution in [0.2, 0.25) is 0 Å². The van der Waals surface area contributed by atoms with Gasteiger partial charge in [-0.15, -0.1) is 5.48 Å². The normalized spacial score (nSPS) is 22.5. The quantitative estimate of drug-likeness (QED) is 0.870. The second-order valence-electron chi connectivity index (χ2n) is 5.61. The summed E-state index contributed by atoms with van der Waals surface area (Å²) in [4.78, 5) is 14.7. The Morgan fingerprint density at radius 1 is 1.33 bits per heavy atom. The lowest BCUT2D eigenvalue weighted by Crippen LogP contribution is -2.36. The maximum Gasteiger partial charge on any atom is 0.492 e. The Balaban J connectivity index is 1.80. The molecule has 118 valence electrons. The van der Waals surface area contributed by atoms with Gasteiger partial charge in [-0.3, -0.25) is 0 Å². The van der Waals surface area contributed by atoms with Gasteiger partial charge in [-0.1, -0.05) is 0 Å². The third-order valence-corrected chi connectivity index (χ3v) is 3.95. The molecule has 1 aliphatic rings. The van der Waals surface area contributed by atoms with Crippen LogP contribution in [-0.2, 0) is 16.2 Å². The number of alkyl halides is 3. The zero-order valence-electron chi connectivity index (χ0n) is 12.0. The summed E-state index contributed by atoms with van der Waals surface area (Å²) in [6, 6.07) is 3.88. The van der Waals surface area contributed by atoms with Crippen molar-refractivity contribution in [3.63, 3.8) is 0 Å². The topological polar surface area (TPSA) is 43.3 Å². The van der Waals surface area contributed by atoms with E-state index >= 15 is 0 Å². The van der Waals surface area contributed by atoms with Crippen molar-refractivity contribution in [2.24, 2.45) is 5.92 Å². The fraction of sp³-hybridized carbons (Fsp3) is 0.643. The van der Waals surface area contributed by atoms with Crippen molar-refractivity contribution in [2.45, 2.75) is 51.9 Å². The van der Waals surface area contributed by atoms with Gasteiger partial charge >= 0.3 is 12.1 Å². The van der Waals surface area contributed by atoms with Crippen LogP contribution in [0.15, 0.2) is 12.1 Å². The number of nitrogens with one attached hydrogen (secondary N) is 1. The summed E-state index contributed by atoms with van der Waals surface area (Å²) in [6.45, 7) is 4.90. The number of aromatic nitrogens is 1. The molecule has 21 heavy (non-hydrogen) atoms. The van der Waals surface area contributed by atoms with Gasteiger partial charge in [0.1, 0.15) is 0 Å². The van der Waals surface area contributed by atoms with Crippen molar-refractivity contribution in [1.82, 2.24) is 10.0 Å². The predicted octanol–water partition coefficient (Wildman–Crippen LogP) is 2.88. The fourth-order valence-corrected chi connectivity index (χ4v) is 2.79. The van der Waals surface area contributed by atoms with Crippen LogP contribution < -0.4 is 5.48 Å². The van der Waals surface area contributed by atoms with E-state index in [0.717, 1.165) is 13.0 Å². The molecule has 2 rings (SSSR count). The molecule has 4 nitrogen and oxygen atoms in total. The van der Waals surface area contributed by atoms with E-state index in [1.165, 1.54) is 11.4 Å². The van der Waals surface area contributed by atoms with Crippen LogP contribution in [0.25, 0.3) is 0 Å². The van der Waals surface area contributed by atoms with Gasteiger partial charge in [-0.25, -0.2) is 4.79 Å². The first-order valence-electron chi connectivity index (χ1n) is 6.93. The monoisotopic (exact) mass is 304 g/mol. The SMILES string of the molecule is Cc1ccc(C)n1C[C@H]1CC[C@@H](NOC(=O)C(F)(F)F)C1. The maximum atomic E-state index is 12.0. The molecule has 0 bridgehead atoms. The predicted molar refractivity (Wildman–Crippen MR) is 70.3 cm³/mol. The number of rotatable bonds is 4. The van der Waals surface area contributed by atoms with E-state index < -0.39 is 12.1 Å². The number of aryl methyl sites for hydroxylation is 2. The highest BCUT2D eigenvalue weighted by Crippen LogP contribution is 2.28. The second kappa shape index (κ2) is 6.09. The Morgan fingerprint density at radius 3 is 2.52 bits per heavy atom. The van der Waals surface area contributed by atoms with Gasteiger partial charge < -0.3 is 9.40 Å². The van der Waals surface area contributed by atoms with Gasteiger partial charge in [0.25, 0.3) is 0 Å². The number of carbonyl (C=O) groups is 1. The number of hydrogen-bond donors (Lipinski definition) is 1. The average molecular weight is 304 g/mol. The molecule has 2 atom stereocenters. The Kier molecular flexibility index (Phi) is 4.61. The van der Waals surface area contributed by atoms with Crippen molar-refractivity contribution in [3.8, 4) is 0 Å². The first-order valence-corrected chi connectivity index (χ1v) is 6.93. The Hall–Kier alpha value is -1.50. The zero-order chi connectivity index (χ0) is 15.6. The van der Waals surface area contributed by atoms with Crippen molar-refractivity contribution in [1.29, 1.82) is 0 Å². The molecule has 1 heterocycles. The minimum Gasteiger partial charge on any atom is -0.363 e. The van der Waals surface area contributed by atoms with E-state index in [-0.39, 0.29) is 6.04 Å². The summed E-state index contributed by atoms with van der Waals surface area (Å²) in [6.07, 6.45) is -2.65. The van der Waals surface area contributed by atoms with E-state index in [2.05, 4.69) is 14.9 Å². The van der Waals surface area contributed by atoms with Crippen LogP contribution >= 0.6 is 0 Å². The third-order valence-electron chi connectivity index (χ3n) is 3.95. The fourth-order valence-electron chi connectivity index (χ4n) is 2.79. The average Bonchev–Trinajstić information content (AvgIpc) is 2.97. The van der Waals surface area contributed by atoms with Crippen LogP contribution in [-0.4, -0.2) is 22.8 Å². The smallest absolute Gasteiger partial charge is 0.363 e. The Labute approximate surface area is 121 Å². The highest BCUT2D eigenvalue weighted by atomic mass is 19.4. The van der Waals surface area contributed by atoms with Gasteiger partial charge in [-0.05, 0) is 51.2 Å². The van der Waals surface area contributed by atoms with Crippen LogP contribution in [0, 0.1) is 19.8 Å². The molecule has 0 amide bonds. The molecule has 0 aliphatic heterocycles. The van der Waals surface area contributed by atoms with E-state index in [1.807, 2.05) is 26.0 Å². The maximum absolute atomic E-state index is 12.0. The van der Waals surface area contributed by atoms with Crippen molar-refractivity contribution >= 4 is 5.97 Å². The summed E-state index contributed by atoms with van der Waals surface area (Å²) in [5.41, 5.74) is 4.59. The molecular formula is C14H19F3N2O2. The third kappa shape index (κ3) is 4.00. The first kappa shape index (κ1) is 15.9. The number of halogens is 3. The van der Waals surface area contributed by atoms with Gasteiger partial charge in [0.15, 0.2) is 0 Å². The first-order chi connectivity index (χ1) is 9.77. The highest BCUT2D eigenvalue weighted by molar-refractivity contribution is 5.75. The summed E-state index contributed by atoms with van der Waals surface area (Å²) in [7, 11) is 0. The van der Waals surface area contributed by atoms with E-state index in [4.69, 9.17) is 0 Å². The minimum absolute atomic E-state index is 0.211. The summed E-state index contributed by atoms with van der Waals surface area (Å²) >= 11 is 0. The Bertz CT molecular complexity index is 491. The van der Waals surface area contributed by atoms with Crippen molar-refractivity contribution < 1.29 is 22.8 Å². The van der Waals surface area contributed by atoms with Crippen LogP contribution in [0.1, 0.15) is 30.7 Å². The van der Waals surface area contributed by atoms with E-state index in [9.17, 15) is 18.0 Å². The number of nitrogens with zero attached hydrogens (tertiary/aromatic N) is 1. The molecule has 1 aromatic rings. The molecule has 0 spiro atoms. The number of hydrogen-bond acceptors (Lipinski definition) is 3. The molecule has 1 aliphatic carbocycles. The molecule has 1 N–H and O–H groups in total. The van der Waals surface area contributed by atoms with E-state index in [0.29, 0.717) is 18.8 Å². The van der Waals surface area contributed by atoms with Gasteiger partial charge in [0, 0.05) is 24.0 Å². The molecule has 0 aromatic carbocycles. The largest absolute Gasteiger partial charge is 0.492 e. The second-order valence-corrected chi connectivity index (χ2v) is 5.61. The molecule has 1 fully saturated rings. The summed E-state index contributed by atoms with van der Waals surface area (Å²) in [5, 5.41) is 0. The van der Waals surface area contributed by atoms with E-state index in [1.54, 1.807) is 0 Å². The van der Waals surface area contributed by atoms with Crippen molar-refractivity contribution in [3.05, 3.63) is 23.5 Å². The molecule has 0 unspecified atom stereocenters. The molecule has 1 aromatic heterocycles. The Morgan fingerprint density at radius 2 is 1.95 bits per heavy atom. The van der Waals surface area contributed by atoms with Crippen molar-refractivity contribution in [2.75, 3.05) is 0 Å². The molecular weight excluding hydrogens is 285 g/mol.